The Morgan fingerprint density at radius 2 is 1.75 bits per heavy atom. The standard InChI is InChI=1S/C14H11ClO4S/c15-12-2-1-3-13(8-12)20(18,19)9-10-4-6-11(7-5-10)14(16)17/h1-8H,9H2,(H,16,17). The Kier molecular flexibility index (Phi) is 4.11. The van der Waals surface area contributed by atoms with E-state index in [9.17, 15) is 13.2 Å². The average Bonchev–Trinajstić information content (AvgIpc) is 2.39. The van der Waals surface area contributed by atoms with Gasteiger partial charge in [-0.15, -0.1) is 0 Å². The van der Waals surface area contributed by atoms with Crippen LogP contribution in [0.5, 0.6) is 0 Å². The molecule has 2 aromatic carbocycles. The topological polar surface area (TPSA) is 71.4 Å². The molecule has 6 heteroatoms. The maximum Gasteiger partial charge on any atom is 0.335 e. The number of rotatable bonds is 4. The predicted molar refractivity (Wildman–Crippen MR) is 75.7 cm³/mol. The van der Waals surface area contributed by atoms with Gasteiger partial charge in [0.15, 0.2) is 9.84 Å². The molecule has 0 fully saturated rings. The molecule has 0 unspecified atom stereocenters. The largest absolute Gasteiger partial charge is 0.478 e. The van der Waals surface area contributed by atoms with E-state index in [1.54, 1.807) is 12.1 Å². The normalized spacial score (nSPS) is 11.2. The zero-order valence-electron chi connectivity index (χ0n) is 10.3. The lowest BCUT2D eigenvalue weighted by atomic mass is 10.1. The molecule has 0 aliphatic carbocycles. The molecule has 2 aromatic rings. The van der Waals surface area contributed by atoms with E-state index in [2.05, 4.69) is 0 Å². The van der Waals surface area contributed by atoms with Crippen LogP contribution in [0.25, 0.3) is 0 Å². The maximum absolute atomic E-state index is 12.2. The van der Waals surface area contributed by atoms with Gasteiger partial charge >= 0.3 is 5.97 Å². The van der Waals surface area contributed by atoms with Crippen molar-refractivity contribution in [3.63, 3.8) is 0 Å². The first-order valence-corrected chi connectivity index (χ1v) is 7.72. The van der Waals surface area contributed by atoms with Crippen molar-refractivity contribution < 1.29 is 18.3 Å². The van der Waals surface area contributed by atoms with Crippen molar-refractivity contribution in [3.05, 3.63) is 64.7 Å². The van der Waals surface area contributed by atoms with Crippen LogP contribution in [0, 0.1) is 0 Å². The number of aromatic carboxylic acids is 1. The summed E-state index contributed by atoms with van der Waals surface area (Å²) in [5.74, 6) is -1.25. The van der Waals surface area contributed by atoms with Gasteiger partial charge in [-0.25, -0.2) is 13.2 Å². The van der Waals surface area contributed by atoms with E-state index in [4.69, 9.17) is 16.7 Å². The van der Waals surface area contributed by atoms with Crippen molar-refractivity contribution in [1.82, 2.24) is 0 Å². The summed E-state index contributed by atoms with van der Waals surface area (Å²) in [6.07, 6.45) is 0. The Bertz CT molecular complexity index is 736. The molecule has 4 nitrogen and oxygen atoms in total. The van der Waals surface area contributed by atoms with Gasteiger partial charge in [-0.2, -0.15) is 0 Å². The molecule has 0 aliphatic rings. The van der Waals surface area contributed by atoms with Crippen LogP contribution in [-0.4, -0.2) is 19.5 Å². The van der Waals surface area contributed by atoms with Crippen molar-refractivity contribution in [2.45, 2.75) is 10.6 Å². The zero-order chi connectivity index (χ0) is 14.8. The molecule has 2 rings (SSSR count). The summed E-state index contributed by atoms with van der Waals surface area (Å²) in [5, 5.41) is 9.14. The summed E-state index contributed by atoms with van der Waals surface area (Å²) < 4.78 is 24.4. The second-order valence-electron chi connectivity index (χ2n) is 4.22. The lowest BCUT2D eigenvalue weighted by molar-refractivity contribution is 0.0697. The highest BCUT2D eigenvalue weighted by Gasteiger charge is 2.16. The highest BCUT2D eigenvalue weighted by atomic mass is 35.5. The Labute approximate surface area is 121 Å². The van der Waals surface area contributed by atoms with E-state index in [1.165, 1.54) is 36.4 Å². The molecule has 104 valence electrons. The third-order valence-electron chi connectivity index (χ3n) is 2.71. The number of sulfone groups is 1. The number of carboxylic acid groups (broad SMARTS) is 1. The second-order valence-corrected chi connectivity index (χ2v) is 6.64. The van der Waals surface area contributed by atoms with E-state index < -0.39 is 15.8 Å². The third-order valence-corrected chi connectivity index (χ3v) is 4.63. The van der Waals surface area contributed by atoms with Crippen LogP contribution >= 0.6 is 11.6 Å². The molecule has 0 heterocycles. The minimum absolute atomic E-state index is 0.119. The molecule has 0 aliphatic heterocycles. The van der Waals surface area contributed by atoms with E-state index >= 15 is 0 Å². The van der Waals surface area contributed by atoms with E-state index in [0.29, 0.717) is 10.6 Å². The predicted octanol–water partition coefficient (Wildman–Crippen LogP) is 3.01. The maximum atomic E-state index is 12.2. The molecule has 20 heavy (non-hydrogen) atoms. The summed E-state index contributed by atoms with van der Waals surface area (Å²) in [7, 11) is -3.50. The molecule has 1 N–H and O–H groups in total. The Morgan fingerprint density at radius 3 is 2.30 bits per heavy atom. The van der Waals surface area contributed by atoms with Crippen molar-refractivity contribution >= 4 is 27.4 Å². The van der Waals surface area contributed by atoms with Gasteiger partial charge in [0.05, 0.1) is 16.2 Å². The molecule has 0 radical (unpaired) electrons. The van der Waals surface area contributed by atoms with Gasteiger partial charge in [-0.3, -0.25) is 0 Å². The number of hydrogen-bond acceptors (Lipinski definition) is 3. The lowest BCUT2D eigenvalue weighted by Crippen LogP contribution is -2.05. The minimum Gasteiger partial charge on any atom is -0.478 e. The van der Waals surface area contributed by atoms with Crippen LogP contribution in [0.2, 0.25) is 5.02 Å². The first-order chi connectivity index (χ1) is 9.38. The monoisotopic (exact) mass is 310 g/mol. The summed E-state index contributed by atoms with van der Waals surface area (Å²) in [6.45, 7) is 0. The summed E-state index contributed by atoms with van der Waals surface area (Å²) in [4.78, 5) is 10.9. The molecule has 0 bridgehead atoms. The van der Waals surface area contributed by atoms with Crippen LogP contribution in [0.3, 0.4) is 0 Å². The summed E-state index contributed by atoms with van der Waals surface area (Å²) in [6, 6.07) is 11.8. The molecule has 0 spiro atoms. The van der Waals surface area contributed by atoms with Crippen molar-refractivity contribution in [3.8, 4) is 0 Å². The zero-order valence-corrected chi connectivity index (χ0v) is 11.9. The Morgan fingerprint density at radius 1 is 1.10 bits per heavy atom. The van der Waals surface area contributed by atoms with Gasteiger partial charge in [-0.05, 0) is 35.9 Å². The number of carbonyl (C=O) groups is 1. The number of benzene rings is 2. The van der Waals surface area contributed by atoms with Gasteiger partial charge in [0.25, 0.3) is 0 Å². The van der Waals surface area contributed by atoms with E-state index in [-0.39, 0.29) is 16.2 Å². The Hall–Kier alpha value is -1.85. The minimum atomic E-state index is -3.50. The fraction of sp³-hybridized carbons (Fsp3) is 0.0714. The molecular formula is C14H11ClO4S. The Balaban J connectivity index is 2.26. The van der Waals surface area contributed by atoms with Crippen LogP contribution in [0.4, 0.5) is 0 Å². The highest BCUT2D eigenvalue weighted by Crippen LogP contribution is 2.20. The summed E-state index contributed by atoms with van der Waals surface area (Å²) >= 11 is 5.78. The van der Waals surface area contributed by atoms with Gasteiger partial charge < -0.3 is 5.11 Å². The quantitative estimate of drug-likeness (QED) is 0.942. The van der Waals surface area contributed by atoms with Crippen molar-refractivity contribution in [2.75, 3.05) is 0 Å². The third kappa shape index (κ3) is 3.37. The fourth-order valence-electron chi connectivity index (χ4n) is 1.71. The van der Waals surface area contributed by atoms with Gasteiger partial charge in [0.2, 0.25) is 0 Å². The van der Waals surface area contributed by atoms with Gasteiger partial charge in [0, 0.05) is 5.02 Å². The van der Waals surface area contributed by atoms with Crippen LogP contribution < -0.4 is 0 Å². The van der Waals surface area contributed by atoms with Gasteiger partial charge in [-0.1, -0.05) is 29.8 Å². The molecule has 0 aromatic heterocycles. The van der Waals surface area contributed by atoms with Crippen LogP contribution in [0.15, 0.2) is 53.4 Å². The van der Waals surface area contributed by atoms with Crippen LogP contribution in [-0.2, 0) is 15.6 Å². The first-order valence-electron chi connectivity index (χ1n) is 5.69. The highest BCUT2D eigenvalue weighted by molar-refractivity contribution is 7.90. The first kappa shape index (κ1) is 14.6. The molecule has 0 saturated heterocycles. The number of halogens is 1. The van der Waals surface area contributed by atoms with E-state index in [0.717, 1.165) is 0 Å². The molecular weight excluding hydrogens is 300 g/mol. The molecule has 0 saturated carbocycles. The average molecular weight is 311 g/mol. The fourth-order valence-corrected chi connectivity index (χ4v) is 3.35. The molecule has 0 amide bonds. The second kappa shape index (κ2) is 5.64. The molecule has 0 atom stereocenters. The van der Waals surface area contributed by atoms with E-state index in [1.807, 2.05) is 0 Å². The van der Waals surface area contributed by atoms with Crippen LogP contribution in [0.1, 0.15) is 15.9 Å². The van der Waals surface area contributed by atoms with Crippen molar-refractivity contribution in [1.29, 1.82) is 0 Å². The summed E-state index contributed by atoms with van der Waals surface area (Å²) in [5.41, 5.74) is 0.642. The van der Waals surface area contributed by atoms with Crippen molar-refractivity contribution in [2.24, 2.45) is 0 Å². The number of carboxylic acids is 1. The smallest absolute Gasteiger partial charge is 0.335 e. The van der Waals surface area contributed by atoms with Gasteiger partial charge in [0.1, 0.15) is 0 Å². The SMILES string of the molecule is O=C(O)c1ccc(CS(=O)(=O)c2cccc(Cl)c2)cc1. The number of hydrogen-bond donors (Lipinski definition) is 1. The lowest BCUT2D eigenvalue weighted by Gasteiger charge is -2.05.